The fourth-order valence-electron chi connectivity index (χ4n) is 5.69. The predicted octanol–water partition coefficient (Wildman–Crippen LogP) is 5.40. The van der Waals surface area contributed by atoms with Crippen molar-refractivity contribution in [1.29, 1.82) is 0 Å². The highest BCUT2D eigenvalue weighted by Crippen LogP contribution is 2.58. The number of rotatable bonds is 0. The normalized spacial score (nSPS) is 24.6. The molecule has 2 heteroatoms. The summed E-state index contributed by atoms with van der Waals surface area (Å²) in [5.41, 5.74) is 8.71. The highest BCUT2D eigenvalue weighted by Gasteiger charge is 2.50. The number of carbonyl (C=O) groups excluding carboxylic acids is 1. The number of hydrogen-bond acceptors (Lipinski definition) is 1. The molecule has 0 aromatic heterocycles. The van der Waals surface area contributed by atoms with E-state index in [0.717, 1.165) is 24.1 Å². The molecule has 0 bridgehead atoms. The lowest BCUT2D eigenvalue weighted by Crippen LogP contribution is -2.42. The molecule has 2 nitrogen and oxygen atoms in total. The number of nitrogens with zero attached hydrogens (tertiary/aromatic N) is 1. The molecule has 3 atom stereocenters. The molecule has 3 unspecified atom stereocenters. The Labute approximate surface area is 159 Å². The minimum atomic E-state index is 0.155. The maximum absolute atomic E-state index is 13.3. The van der Waals surface area contributed by atoms with Gasteiger partial charge in [0.2, 0.25) is 0 Å². The first kappa shape index (κ1) is 15.2. The van der Waals surface area contributed by atoms with Crippen LogP contribution < -0.4 is 4.90 Å². The van der Waals surface area contributed by atoms with E-state index in [2.05, 4.69) is 66.4 Å². The van der Waals surface area contributed by atoms with Gasteiger partial charge in [-0.25, -0.2) is 0 Å². The third kappa shape index (κ3) is 1.93. The van der Waals surface area contributed by atoms with Gasteiger partial charge in [0.15, 0.2) is 0 Å². The van der Waals surface area contributed by atoms with Crippen LogP contribution in [-0.4, -0.2) is 5.91 Å². The molecule has 3 aromatic rings. The number of aryl methyl sites for hydroxylation is 2. The Balaban J connectivity index is 1.66. The van der Waals surface area contributed by atoms with Crippen molar-refractivity contribution in [3.05, 3.63) is 100 Å². The standard InChI is InChI=1S/C25H21NO/c1-15-10-13-22-21(14-15)23-17-7-3-2-6-16(17)11-12-20(23)24-18-8-4-5-9-19(18)25(27)26(22)24/h2-10,13-14,20,23-24H,11-12H2,1H3. The van der Waals surface area contributed by atoms with Gasteiger partial charge in [0.05, 0.1) is 6.04 Å². The molecule has 0 spiro atoms. The van der Waals surface area contributed by atoms with Crippen LogP contribution in [0.3, 0.4) is 0 Å². The zero-order valence-electron chi connectivity index (χ0n) is 15.4. The number of anilines is 1. The van der Waals surface area contributed by atoms with E-state index in [4.69, 9.17) is 0 Å². The van der Waals surface area contributed by atoms with Crippen molar-refractivity contribution < 1.29 is 4.79 Å². The summed E-state index contributed by atoms with van der Waals surface area (Å²) in [5.74, 6) is 0.963. The van der Waals surface area contributed by atoms with Crippen LogP contribution in [0.25, 0.3) is 0 Å². The molecule has 3 aromatic carbocycles. The largest absolute Gasteiger partial charge is 0.300 e. The fourth-order valence-corrected chi connectivity index (χ4v) is 5.69. The quantitative estimate of drug-likeness (QED) is 0.531. The minimum absolute atomic E-state index is 0.155. The van der Waals surface area contributed by atoms with E-state index in [9.17, 15) is 4.79 Å². The fraction of sp³-hybridized carbons (Fsp3) is 0.240. The molecule has 27 heavy (non-hydrogen) atoms. The zero-order chi connectivity index (χ0) is 18.1. The summed E-state index contributed by atoms with van der Waals surface area (Å²) in [4.78, 5) is 15.4. The second kappa shape index (κ2) is 5.32. The van der Waals surface area contributed by atoms with Crippen molar-refractivity contribution in [1.82, 2.24) is 0 Å². The summed E-state index contributed by atoms with van der Waals surface area (Å²) in [6, 6.07) is 23.9. The number of carbonyl (C=O) groups is 1. The molecule has 6 rings (SSSR count). The zero-order valence-corrected chi connectivity index (χ0v) is 15.4. The molecule has 1 amide bonds. The summed E-state index contributed by atoms with van der Waals surface area (Å²) < 4.78 is 0. The van der Waals surface area contributed by atoms with Crippen molar-refractivity contribution in [2.45, 2.75) is 31.7 Å². The third-order valence-electron chi connectivity index (χ3n) is 6.76. The number of hydrogen-bond donors (Lipinski definition) is 0. The summed E-state index contributed by atoms with van der Waals surface area (Å²) >= 11 is 0. The third-order valence-corrected chi connectivity index (χ3v) is 6.76. The first-order chi connectivity index (χ1) is 13.2. The average molecular weight is 351 g/mol. The van der Waals surface area contributed by atoms with Crippen molar-refractivity contribution in [2.75, 3.05) is 4.90 Å². The van der Waals surface area contributed by atoms with E-state index in [-0.39, 0.29) is 11.9 Å². The number of fused-ring (bicyclic) bond motifs is 10. The van der Waals surface area contributed by atoms with Crippen LogP contribution in [0.15, 0.2) is 66.7 Å². The Hall–Kier alpha value is -2.87. The second-order valence-corrected chi connectivity index (χ2v) is 8.15. The number of benzene rings is 3. The monoisotopic (exact) mass is 351 g/mol. The molecule has 0 saturated heterocycles. The Morgan fingerprint density at radius 2 is 1.67 bits per heavy atom. The van der Waals surface area contributed by atoms with Gasteiger partial charge in [-0.2, -0.15) is 0 Å². The van der Waals surface area contributed by atoms with Crippen LogP contribution in [0.1, 0.15) is 56.6 Å². The van der Waals surface area contributed by atoms with E-state index >= 15 is 0 Å². The van der Waals surface area contributed by atoms with Gasteiger partial charge in [-0.15, -0.1) is 0 Å². The predicted molar refractivity (Wildman–Crippen MR) is 107 cm³/mol. The minimum Gasteiger partial charge on any atom is -0.300 e. The average Bonchev–Trinajstić information content (AvgIpc) is 3.01. The van der Waals surface area contributed by atoms with Gasteiger partial charge < -0.3 is 4.90 Å². The summed E-state index contributed by atoms with van der Waals surface area (Å²) in [7, 11) is 0. The van der Waals surface area contributed by atoms with Crippen molar-refractivity contribution >= 4 is 11.6 Å². The van der Waals surface area contributed by atoms with Gasteiger partial charge in [0.1, 0.15) is 0 Å². The molecule has 0 saturated carbocycles. The first-order valence-electron chi connectivity index (χ1n) is 9.85. The molecule has 132 valence electrons. The second-order valence-electron chi connectivity index (χ2n) is 8.15. The Bertz CT molecular complexity index is 1100. The van der Waals surface area contributed by atoms with Crippen molar-refractivity contribution in [2.24, 2.45) is 5.92 Å². The molecular formula is C25H21NO. The van der Waals surface area contributed by atoms with Crippen molar-refractivity contribution in [3.8, 4) is 0 Å². The smallest absolute Gasteiger partial charge is 0.259 e. The molecule has 0 N–H and O–H groups in total. The molecule has 2 aliphatic heterocycles. The Kier molecular flexibility index (Phi) is 3.00. The molecule has 3 aliphatic rings. The molecule has 0 radical (unpaired) electrons. The van der Waals surface area contributed by atoms with Gasteiger partial charge in [0.25, 0.3) is 5.91 Å². The van der Waals surface area contributed by atoms with Crippen LogP contribution in [0.2, 0.25) is 0 Å². The van der Waals surface area contributed by atoms with Gasteiger partial charge >= 0.3 is 0 Å². The highest BCUT2D eigenvalue weighted by atomic mass is 16.2. The van der Waals surface area contributed by atoms with Gasteiger partial charge in [-0.1, -0.05) is 60.2 Å². The Morgan fingerprint density at radius 3 is 2.56 bits per heavy atom. The summed E-state index contributed by atoms with van der Waals surface area (Å²) in [5, 5.41) is 0. The SMILES string of the molecule is Cc1ccc2c(c1)C1c3ccccc3CCC1C1c3ccccc3C(=O)N21. The highest BCUT2D eigenvalue weighted by molar-refractivity contribution is 6.12. The summed E-state index contributed by atoms with van der Waals surface area (Å²) in [6.45, 7) is 2.15. The van der Waals surface area contributed by atoms with Gasteiger partial charge in [-0.3, -0.25) is 4.79 Å². The summed E-state index contributed by atoms with van der Waals surface area (Å²) in [6.07, 6.45) is 2.22. The molecule has 1 aliphatic carbocycles. The lowest BCUT2D eigenvalue weighted by molar-refractivity contribution is 0.0978. The van der Waals surface area contributed by atoms with E-state index < -0.39 is 0 Å². The first-order valence-corrected chi connectivity index (χ1v) is 9.85. The molecule has 2 heterocycles. The topological polar surface area (TPSA) is 20.3 Å². The van der Waals surface area contributed by atoms with Crippen LogP contribution in [-0.2, 0) is 6.42 Å². The van der Waals surface area contributed by atoms with Gasteiger partial charge in [-0.05, 0) is 60.1 Å². The van der Waals surface area contributed by atoms with Crippen LogP contribution >= 0.6 is 0 Å². The van der Waals surface area contributed by atoms with Crippen LogP contribution in [0.5, 0.6) is 0 Å². The maximum atomic E-state index is 13.3. The lowest BCUT2D eigenvalue weighted by atomic mass is 9.65. The van der Waals surface area contributed by atoms with E-state index in [1.54, 1.807) is 0 Å². The molecule has 0 fully saturated rings. The molecular weight excluding hydrogens is 330 g/mol. The maximum Gasteiger partial charge on any atom is 0.259 e. The van der Waals surface area contributed by atoms with Gasteiger partial charge in [0, 0.05) is 17.2 Å². The van der Waals surface area contributed by atoms with E-state index in [1.165, 1.54) is 27.8 Å². The van der Waals surface area contributed by atoms with Crippen LogP contribution in [0, 0.1) is 12.8 Å². The van der Waals surface area contributed by atoms with Crippen molar-refractivity contribution in [3.63, 3.8) is 0 Å². The number of amides is 1. The van der Waals surface area contributed by atoms with Crippen LogP contribution in [0.4, 0.5) is 5.69 Å². The lowest BCUT2D eigenvalue weighted by Gasteiger charge is -2.46. The van der Waals surface area contributed by atoms with E-state index in [1.807, 2.05) is 12.1 Å². The van der Waals surface area contributed by atoms with E-state index in [0.29, 0.717) is 11.8 Å². The Morgan fingerprint density at radius 1 is 0.889 bits per heavy atom.